The highest BCUT2D eigenvalue weighted by atomic mass is 35.5. The second-order valence-corrected chi connectivity index (χ2v) is 9.04. The number of aryl methyl sites for hydroxylation is 2. The topological polar surface area (TPSA) is 51.0 Å². The molecule has 1 atom stereocenters. The second kappa shape index (κ2) is 9.14. The minimum atomic E-state index is 0.0120. The van der Waals surface area contributed by atoms with Gasteiger partial charge in [0.2, 0.25) is 5.91 Å². The molecule has 5 nitrogen and oxygen atoms in total. The predicted molar refractivity (Wildman–Crippen MR) is 122 cm³/mol. The summed E-state index contributed by atoms with van der Waals surface area (Å²) in [5, 5.41) is 8.23. The van der Waals surface area contributed by atoms with Crippen molar-refractivity contribution in [2.75, 3.05) is 13.1 Å². The molecule has 3 aromatic rings. The molecular formula is C23H25ClN4OS. The number of hydrogen-bond donors (Lipinski definition) is 0. The molecule has 0 bridgehead atoms. The van der Waals surface area contributed by atoms with Gasteiger partial charge in [0.05, 0.1) is 17.2 Å². The molecule has 30 heavy (non-hydrogen) atoms. The van der Waals surface area contributed by atoms with Crippen LogP contribution in [0.2, 0.25) is 5.15 Å². The molecule has 4 rings (SSSR count). The van der Waals surface area contributed by atoms with Crippen molar-refractivity contribution in [2.45, 2.75) is 39.2 Å². The average molecular weight is 441 g/mol. The van der Waals surface area contributed by atoms with E-state index in [1.165, 1.54) is 5.56 Å². The summed E-state index contributed by atoms with van der Waals surface area (Å²) >= 11 is 8.25. The fraction of sp³-hybridized carbons (Fsp3) is 0.348. The van der Waals surface area contributed by atoms with Crippen molar-refractivity contribution in [3.05, 3.63) is 74.5 Å². The lowest BCUT2D eigenvalue weighted by atomic mass is 9.98. The molecule has 7 heteroatoms. The van der Waals surface area contributed by atoms with Crippen molar-refractivity contribution in [1.82, 2.24) is 19.7 Å². The Kier molecular flexibility index (Phi) is 6.35. The lowest BCUT2D eigenvalue weighted by Gasteiger charge is -2.31. The smallest absolute Gasteiger partial charge is 0.246 e. The van der Waals surface area contributed by atoms with Gasteiger partial charge in [0, 0.05) is 42.2 Å². The fourth-order valence-corrected chi connectivity index (χ4v) is 4.87. The molecule has 1 amide bonds. The molecule has 1 saturated heterocycles. The van der Waals surface area contributed by atoms with Crippen LogP contribution in [0.5, 0.6) is 0 Å². The number of amides is 1. The number of likely N-dealkylation sites (tertiary alicyclic amines) is 1. The van der Waals surface area contributed by atoms with Gasteiger partial charge in [0.25, 0.3) is 0 Å². The summed E-state index contributed by atoms with van der Waals surface area (Å²) in [6, 6.07) is 8.32. The van der Waals surface area contributed by atoms with Crippen LogP contribution in [-0.2, 0) is 11.3 Å². The van der Waals surface area contributed by atoms with Crippen LogP contribution in [0, 0.1) is 13.8 Å². The van der Waals surface area contributed by atoms with E-state index in [2.05, 4.69) is 41.3 Å². The molecule has 0 aliphatic carbocycles. The molecule has 3 heterocycles. The van der Waals surface area contributed by atoms with E-state index in [0.717, 1.165) is 47.8 Å². The van der Waals surface area contributed by atoms with Gasteiger partial charge in [-0.1, -0.05) is 41.4 Å². The van der Waals surface area contributed by atoms with Gasteiger partial charge < -0.3 is 4.90 Å². The summed E-state index contributed by atoms with van der Waals surface area (Å²) in [7, 11) is 0. The molecule has 0 spiro atoms. The Balaban J connectivity index is 1.45. The number of halogens is 1. The average Bonchev–Trinajstić information content (AvgIpc) is 3.37. The number of thiazole rings is 1. The van der Waals surface area contributed by atoms with E-state index in [9.17, 15) is 4.79 Å². The Morgan fingerprint density at radius 2 is 2.10 bits per heavy atom. The Bertz CT molecular complexity index is 1040. The molecule has 0 radical (unpaired) electrons. The van der Waals surface area contributed by atoms with Crippen molar-refractivity contribution in [2.24, 2.45) is 0 Å². The zero-order valence-electron chi connectivity index (χ0n) is 17.2. The van der Waals surface area contributed by atoms with Gasteiger partial charge in [0.1, 0.15) is 5.15 Å². The molecule has 2 aromatic heterocycles. The van der Waals surface area contributed by atoms with Gasteiger partial charge >= 0.3 is 0 Å². The van der Waals surface area contributed by atoms with Crippen molar-refractivity contribution in [3.63, 3.8) is 0 Å². The molecule has 0 N–H and O–H groups in total. The minimum Gasteiger partial charge on any atom is -0.338 e. The summed E-state index contributed by atoms with van der Waals surface area (Å²) in [5.41, 5.74) is 3.97. The van der Waals surface area contributed by atoms with E-state index in [0.29, 0.717) is 17.6 Å². The van der Waals surface area contributed by atoms with E-state index >= 15 is 0 Å². The quantitative estimate of drug-likeness (QED) is 0.520. The Morgan fingerprint density at radius 3 is 2.83 bits per heavy atom. The van der Waals surface area contributed by atoms with Crippen LogP contribution in [0.1, 0.15) is 46.2 Å². The highest BCUT2D eigenvalue weighted by Gasteiger charge is 2.25. The number of rotatable bonds is 5. The molecule has 0 saturated carbocycles. The van der Waals surface area contributed by atoms with Crippen molar-refractivity contribution in [3.8, 4) is 0 Å². The fourth-order valence-electron chi connectivity index (χ4n) is 3.80. The van der Waals surface area contributed by atoms with E-state index in [1.54, 1.807) is 28.2 Å². The Hall–Kier alpha value is -2.44. The first-order valence-electron chi connectivity index (χ1n) is 10.2. The second-order valence-electron chi connectivity index (χ2n) is 7.76. The SMILES string of the molecule is Cc1ccc(Cn2nc(C)c(/C=C/C(=O)N3CCCC(c4nccs4)C3)c2Cl)cc1. The number of carbonyl (C=O) groups excluding carboxylic acids is 1. The number of carbonyl (C=O) groups is 1. The standard InChI is InChI=1S/C23H25ClN4OS/c1-16-5-7-18(8-6-16)14-28-22(24)20(17(2)26-28)9-10-21(29)27-12-3-4-19(15-27)23-25-11-13-30-23/h5-11,13,19H,3-4,12,14-15H2,1-2H3/b10-9+. The molecule has 1 fully saturated rings. The predicted octanol–water partition coefficient (Wildman–Crippen LogP) is 5.08. The van der Waals surface area contributed by atoms with Gasteiger partial charge in [0.15, 0.2) is 0 Å². The molecule has 156 valence electrons. The maximum Gasteiger partial charge on any atom is 0.246 e. The summed E-state index contributed by atoms with van der Waals surface area (Å²) < 4.78 is 1.78. The van der Waals surface area contributed by atoms with Gasteiger partial charge in [-0.05, 0) is 38.3 Å². The van der Waals surface area contributed by atoms with Crippen molar-refractivity contribution >= 4 is 34.9 Å². The van der Waals surface area contributed by atoms with E-state index < -0.39 is 0 Å². The van der Waals surface area contributed by atoms with Gasteiger partial charge in [-0.15, -0.1) is 11.3 Å². The normalized spacial score (nSPS) is 17.0. The number of nitrogens with zero attached hydrogens (tertiary/aromatic N) is 4. The first-order valence-corrected chi connectivity index (χ1v) is 11.4. The Labute approximate surface area is 186 Å². The highest BCUT2D eigenvalue weighted by Crippen LogP contribution is 2.28. The monoisotopic (exact) mass is 440 g/mol. The summed E-state index contributed by atoms with van der Waals surface area (Å²) in [6.45, 7) is 6.08. The first kappa shape index (κ1) is 20.8. The highest BCUT2D eigenvalue weighted by molar-refractivity contribution is 7.09. The summed E-state index contributed by atoms with van der Waals surface area (Å²) in [5.74, 6) is 0.344. The summed E-state index contributed by atoms with van der Waals surface area (Å²) in [6.07, 6.45) is 7.33. The van der Waals surface area contributed by atoms with Crippen LogP contribution in [0.3, 0.4) is 0 Å². The number of aromatic nitrogens is 3. The lowest BCUT2D eigenvalue weighted by molar-refractivity contribution is -0.127. The van der Waals surface area contributed by atoms with E-state index in [-0.39, 0.29) is 5.91 Å². The molecule has 1 unspecified atom stereocenters. The van der Waals surface area contributed by atoms with Crippen LogP contribution >= 0.6 is 22.9 Å². The molecular weight excluding hydrogens is 416 g/mol. The lowest BCUT2D eigenvalue weighted by Crippen LogP contribution is -2.38. The van der Waals surface area contributed by atoms with Gasteiger partial charge in [-0.25, -0.2) is 9.67 Å². The molecule has 1 aromatic carbocycles. The molecule has 1 aliphatic heterocycles. The summed E-state index contributed by atoms with van der Waals surface area (Å²) in [4.78, 5) is 19.1. The van der Waals surface area contributed by atoms with Crippen LogP contribution in [-0.4, -0.2) is 38.7 Å². The number of hydrogen-bond acceptors (Lipinski definition) is 4. The third kappa shape index (κ3) is 4.65. The number of benzene rings is 1. The minimum absolute atomic E-state index is 0.0120. The number of piperidine rings is 1. The third-order valence-electron chi connectivity index (χ3n) is 5.49. The molecule has 1 aliphatic rings. The van der Waals surface area contributed by atoms with Gasteiger partial charge in [-0.3, -0.25) is 4.79 Å². The van der Waals surface area contributed by atoms with Crippen LogP contribution in [0.4, 0.5) is 0 Å². The van der Waals surface area contributed by atoms with Crippen LogP contribution < -0.4 is 0 Å². The largest absolute Gasteiger partial charge is 0.338 e. The van der Waals surface area contributed by atoms with E-state index in [4.69, 9.17) is 11.6 Å². The third-order valence-corrected chi connectivity index (χ3v) is 6.83. The van der Waals surface area contributed by atoms with Crippen molar-refractivity contribution in [1.29, 1.82) is 0 Å². The maximum atomic E-state index is 12.8. The van der Waals surface area contributed by atoms with Crippen molar-refractivity contribution < 1.29 is 4.79 Å². The zero-order chi connectivity index (χ0) is 21.1. The maximum absolute atomic E-state index is 12.8. The zero-order valence-corrected chi connectivity index (χ0v) is 18.8. The van der Waals surface area contributed by atoms with Crippen LogP contribution in [0.15, 0.2) is 41.9 Å². The Morgan fingerprint density at radius 1 is 1.30 bits per heavy atom. The van der Waals surface area contributed by atoms with Crippen LogP contribution in [0.25, 0.3) is 6.08 Å². The van der Waals surface area contributed by atoms with Gasteiger partial charge in [-0.2, -0.15) is 5.10 Å². The van der Waals surface area contributed by atoms with E-state index in [1.807, 2.05) is 23.4 Å². The first-order chi connectivity index (χ1) is 14.5.